The first-order valence-corrected chi connectivity index (χ1v) is 13.2. The molecule has 2 aromatic rings. The lowest BCUT2D eigenvalue weighted by Gasteiger charge is -2.38. The number of ether oxygens (including phenoxy) is 3. The van der Waals surface area contributed by atoms with E-state index in [2.05, 4.69) is 14.9 Å². The number of anilines is 1. The van der Waals surface area contributed by atoms with Crippen LogP contribution in [0.4, 0.5) is 5.95 Å². The molecule has 2 atom stereocenters. The standard InChI is InChI=1S/C28H38N4O4/c1-34-19-21-15-29-28(30-16-21)31-10-7-22(8-11-31)26-14-23(26)9-12-36-24-5-3-20(4-6-24)13-27(33)32-17-25(18-32)35-2/h3-6,15-16,22-23,25-26H,7-14,17-19H2,1-2H3/t23-,26-/m1/s1. The second kappa shape index (κ2) is 11.6. The normalized spacial score (nSPS) is 22.4. The summed E-state index contributed by atoms with van der Waals surface area (Å²) in [6.07, 6.45) is 9.25. The summed E-state index contributed by atoms with van der Waals surface area (Å²) in [7, 11) is 3.38. The lowest BCUT2D eigenvalue weighted by Crippen LogP contribution is -2.54. The van der Waals surface area contributed by atoms with Crippen LogP contribution in [0.3, 0.4) is 0 Å². The van der Waals surface area contributed by atoms with Crippen molar-refractivity contribution < 1.29 is 19.0 Å². The molecule has 5 rings (SSSR count). The highest BCUT2D eigenvalue weighted by Crippen LogP contribution is 2.49. The third kappa shape index (κ3) is 6.16. The summed E-state index contributed by atoms with van der Waals surface area (Å²) in [5, 5.41) is 0. The van der Waals surface area contributed by atoms with Crippen molar-refractivity contribution in [1.29, 1.82) is 0 Å². The number of hydrogen-bond donors (Lipinski definition) is 0. The molecule has 36 heavy (non-hydrogen) atoms. The predicted molar refractivity (Wildman–Crippen MR) is 137 cm³/mol. The lowest BCUT2D eigenvalue weighted by molar-refractivity contribution is -0.142. The van der Waals surface area contributed by atoms with Gasteiger partial charge in [-0.3, -0.25) is 4.79 Å². The molecule has 1 amide bonds. The van der Waals surface area contributed by atoms with Gasteiger partial charge in [-0.15, -0.1) is 0 Å². The molecule has 1 aliphatic carbocycles. The summed E-state index contributed by atoms with van der Waals surface area (Å²) in [4.78, 5) is 25.5. The maximum atomic E-state index is 12.3. The summed E-state index contributed by atoms with van der Waals surface area (Å²) in [6.45, 7) is 4.79. The van der Waals surface area contributed by atoms with E-state index < -0.39 is 0 Å². The number of nitrogens with zero attached hydrogens (tertiary/aromatic N) is 4. The minimum Gasteiger partial charge on any atom is -0.494 e. The van der Waals surface area contributed by atoms with Gasteiger partial charge in [-0.05, 0) is 61.1 Å². The van der Waals surface area contributed by atoms with Crippen LogP contribution in [-0.2, 0) is 27.3 Å². The monoisotopic (exact) mass is 494 g/mol. The molecular weight excluding hydrogens is 456 g/mol. The van der Waals surface area contributed by atoms with Crippen LogP contribution >= 0.6 is 0 Å². The van der Waals surface area contributed by atoms with Gasteiger partial charge in [0.15, 0.2) is 0 Å². The van der Waals surface area contributed by atoms with Gasteiger partial charge < -0.3 is 24.0 Å². The molecule has 0 N–H and O–H groups in total. The quantitative estimate of drug-likeness (QED) is 0.474. The zero-order chi connectivity index (χ0) is 24.9. The summed E-state index contributed by atoms with van der Waals surface area (Å²) in [6, 6.07) is 7.98. The first-order chi connectivity index (χ1) is 17.6. The van der Waals surface area contributed by atoms with Gasteiger partial charge in [0, 0.05) is 58.4 Å². The van der Waals surface area contributed by atoms with Crippen LogP contribution in [0.25, 0.3) is 0 Å². The number of benzene rings is 1. The molecule has 0 radical (unpaired) electrons. The molecule has 1 aromatic heterocycles. The molecule has 194 valence electrons. The lowest BCUT2D eigenvalue weighted by atomic mass is 9.90. The second-order valence-electron chi connectivity index (χ2n) is 10.4. The van der Waals surface area contributed by atoms with E-state index in [0.29, 0.717) is 26.1 Å². The Bertz CT molecular complexity index is 986. The Morgan fingerprint density at radius 2 is 1.75 bits per heavy atom. The van der Waals surface area contributed by atoms with E-state index >= 15 is 0 Å². The summed E-state index contributed by atoms with van der Waals surface area (Å²) in [5.41, 5.74) is 2.03. The fourth-order valence-electron chi connectivity index (χ4n) is 5.57. The zero-order valence-corrected chi connectivity index (χ0v) is 21.5. The summed E-state index contributed by atoms with van der Waals surface area (Å²) < 4.78 is 16.4. The number of piperidine rings is 1. The molecule has 2 saturated heterocycles. The number of rotatable bonds is 11. The van der Waals surface area contributed by atoms with Crippen LogP contribution in [0.1, 0.15) is 36.8 Å². The van der Waals surface area contributed by atoms with Crippen molar-refractivity contribution in [3.63, 3.8) is 0 Å². The average molecular weight is 495 g/mol. The number of carbonyl (C=O) groups is 1. The number of carbonyl (C=O) groups excluding carboxylic acids is 1. The Hall–Kier alpha value is -2.71. The fourth-order valence-corrected chi connectivity index (χ4v) is 5.57. The molecule has 0 unspecified atom stereocenters. The van der Waals surface area contributed by atoms with Gasteiger partial charge in [-0.2, -0.15) is 0 Å². The van der Waals surface area contributed by atoms with Crippen LogP contribution < -0.4 is 9.64 Å². The van der Waals surface area contributed by atoms with E-state index in [-0.39, 0.29) is 12.0 Å². The van der Waals surface area contributed by atoms with Crippen molar-refractivity contribution >= 4 is 11.9 Å². The van der Waals surface area contributed by atoms with Gasteiger partial charge in [-0.25, -0.2) is 9.97 Å². The van der Waals surface area contributed by atoms with E-state index in [9.17, 15) is 4.79 Å². The average Bonchev–Trinajstić information content (AvgIpc) is 3.65. The highest BCUT2D eigenvalue weighted by atomic mass is 16.5. The van der Waals surface area contributed by atoms with Crippen molar-refractivity contribution in [2.75, 3.05) is 51.9 Å². The van der Waals surface area contributed by atoms with E-state index in [0.717, 1.165) is 66.7 Å². The molecule has 0 spiro atoms. The minimum atomic E-state index is 0.162. The fraction of sp³-hybridized carbons (Fsp3) is 0.607. The van der Waals surface area contributed by atoms with Crippen LogP contribution in [0, 0.1) is 17.8 Å². The molecule has 2 aliphatic heterocycles. The third-order valence-electron chi connectivity index (χ3n) is 7.98. The van der Waals surface area contributed by atoms with Crippen LogP contribution in [0.15, 0.2) is 36.7 Å². The Morgan fingerprint density at radius 3 is 2.42 bits per heavy atom. The predicted octanol–water partition coefficient (Wildman–Crippen LogP) is 3.34. The zero-order valence-electron chi connectivity index (χ0n) is 21.5. The summed E-state index contributed by atoms with van der Waals surface area (Å²) >= 11 is 0. The largest absolute Gasteiger partial charge is 0.494 e. The first kappa shape index (κ1) is 25.0. The number of methoxy groups -OCH3 is 2. The van der Waals surface area contributed by atoms with Crippen LogP contribution in [0.5, 0.6) is 5.75 Å². The molecule has 1 aromatic carbocycles. The number of likely N-dealkylation sites (tertiary alicyclic amines) is 1. The third-order valence-corrected chi connectivity index (χ3v) is 7.98. The Balaban J connectivity index is 0.976. The van der Waals surface area contributed by atoms with E-state index in [1.807, 2.05) is 41.6 Å². The van der Waals surface area contributed by atoms with Crippen molar-refractivity contribution in [2.24, 2.45) is 17.8 Å². The Morgan fingerprint density at radius 1 is 1.03 bits per heavy atom. The molecule has 8 nitrogen and oxygen atoms in total. The molecule has 3 fully saturated rings. The van der Waals surface area contributed by atoms with Gasteiger partial charge in [0.2, 0.25) is 11.9 Å². The first-order valence-electron chi connectivity index (χ1n) is 13.2. The number of amides is 1. The van der Waals surface area contributed by atoms with Crippen molar-refractivity contribution in [3.8, 4) is 5.75 Å². The van der Waals surface area contributed by atoms with E-state index in [4.69, 9.17) is 14.2 Å². The highest BCUT2D eigenvalue weighted by Gasteiger charge is 2.43. The smallest absolute Gasteiger partial charge is 0.227 e. The van der Waals surface area contributed by atoms with Gasteiger partial charge in [-0.1, -0.05) is 12.1 Å². The topological polar surface area (TPSA) is 77.0 Å². The van der Waals surface area contributed by atoms with Gasteiger partial charge >= 0.3 is 0 Å². The van der Waals surface area contributed by atoms with Crippen molar-refractivity contribution in [3.05, 3.63) is 47.8 Å². The van der Waals surface area contributed by atoms with Crippen molar-refractivity contribution in [2.45, 2.75) is 44.8 Å². The van der Waals surface area contributed by atoms with E-state index in [1.165, 1.54) is 19.3 Å². The molecule has 3 aliphatic rings. The molecule has 1 saturated carbocycles. The Labute approximate surface area is 214 Å². The van der Waals surface area contributed by atoms with Gasteiger partial charge in [0.1, 0.15) is 5.75 Å². The van der Waals surface area contributed by atoms with Crippen LogP contribution in [0.2, 0.25) is 0 Å². The number of hydrogen-bond acceptors (Lipinski definition) is 7. The maximum absolute atomic E-state index is 12.3. The van der Waals surface area contributed by atoms with Gasteiger partial charge in [0.25, 0.3) is 0 Å². The Kier molecular flexibility index (Phi) is 8.02. The van der Waals surface area contributed by atoms with E-state index in [1.54, 1.807) is 14.2 Å². The van der Waals surface area contributed by atoms with Gasteiger partial charge in [0.05, 0.1) is 25.7 Å². The molecule has 0 bridgehead atoms. The minimum absolute atomic E-state index is 0.162. The van der Waals surface area contributed by atoms with Crippen molar-refractivity contribution in [1.82, 2.24) is 14.9 Å². The van der Waals surface area contributed by atoms with Crippen LogP contribution in [-0.4, -0.2) is 73.9 Å². The SMILES string of the molecule is COCc1cnc(N2CCC([C@H]3C[C@H]3CCOc3ccc(CC(=O)N4CC(OC)C4)cc3)CC2)nc1. The maximum Gasteiger partial charge on any atom is 0.227 e. The molecular formula is C28H38N4O4. The number of aromatic nitrogens is 2. The summed E-state index contributed by atoms with van der Waals surface area (Å²) in [5.74, 6) is 4.32. The molecule has 3 heterocycles. The highest BCUT2D eigenvalue weighted by molar-refractivity contribution is 5.79. The molecule has 8 heteroatoms. The second-order valence-corrected chi connectivity index (χ2v) is 10.4.